The number of fused-ring (bicyclic) bond motifs is 2. The predicted molar refractivity (Wildman–Crippen MR) is 235 cm³/mol. The number of ether oxygens (including phenoxy) is 1. The van der Waals surface area contributed by atoms with Gasteiger partial charge in [-0.25, -0.2) is 24.7 Å². The van der Waals surface area contributed by atoms with Gasteiger partial charge in [-0.05, 0) is 104 Å². The van der Waals surface area contributed by atoms with Gasteiger partial charge < -0.3 is 21.5 Å². The van der Waals surface area contributed by atoms with Crippen LogP contribution in [-0.4, -0.2) is 31.6 Å². The number of nitrogens with two attached hydrogens (primary N) is 2. The molecule has 6 aromatic rings. The van der Waals surface area contributed by atoms with E-state index in [2.05, 4.69) is 67.0 Å². The first-order valence-corrected chi connectivity index (χ1v) is 18.7. The first-order valence-electron chi connectivity index (χ1n) is 17.6. The molecule has 0 spiro atoms. The van der Waals surface area contributed by atoms with E-state index in [-0.39, 0.29) is 12.7 Å². The zero-order valence-corrected chi connectivity index (χ0v) is 33.1. The van der Waals surface area contributed by atoms with Crippen LogP contribution in [0.3, 0.4) is 0 Å². The van der Waals surface area contributed by atoms with Gasteiger partial charge in [0.25, 0.3) is 0 Å². The quantitative estimate of drug-likeness (QED) is 0.0982. The lowest BCUT2D eigenvalue weighted by molar-refractivity contribution is 0.0636. The molecule has 2 aliphatic rings. The van der Waals surface area contributed by atoms with Gasteiger partial charge in [-0.15, -0.1) is 0 Å². The lowest BCUT2D eigenvalue weighted by Crippen LogP contribution is -2.27. The molecule has 10 nitrogen and oxygen atoms in total. The molecule has 13 heteroatoms. The Kier molecular flexibility index (Phi) is 13.9. The van der Waals surface area contributed by atoms with Crippen LogP contribution in [0.15, 0.2) is 122 Å². The second-order valence-corrected chi connectivity index (χ2v) is 14.8. The van der Waals surface area contributed by atoms with Crippen LogP contribution < -0.4 is 22.1 Å². The minimum Gasteiger partial charge on any atom is -0.444 e. The Balaban J connectivity index is 0.000000168. The molecule has 292 valence electrons. The van der Waals surface area contributed by atoms with Gasteiger partial charge in [-0.3, -0.25) is 5.32 Å². The summed E-state index contributed by atoms with van der Waals surface area (Å²) in [4.78, 5) is 28.3. The van der Waals surface area contributed by atoms with Crippen molar-refractivity contribution in [2.24, 2.45) is 0 Å². The molecule has 6 N–H and O–H groups in total. The number of carbonyl (C=O) groups excluding carboxylic acids is 1. The van der Waals surface area contributed by atoms with Crippen molar-refractivity contribution in [3.63, 3.8) is 0 Å². The summed E-state index contributed by atoms with van der Waals surface area (Å²) in [6.45, 7) is 5.43. The van der Waals surface area contributed by atoms with E-state index in [0.717, 1.165) is 35.4 Å². The highest BCUT2D eigenvalue weighted by atomic mass is 35.5. The van der Waals surface area contributed by atoms with Gasteiger partial charge in [0.1, 0.15) is 5.60 Å². The van der Waals surface area contributed by atoms with Crippen LogP contribution in [0.1, 0.15) is 61.8 Å². The monoisotopic (exact) mass is 820 g/mol. The van der Waals surface area contributed by atoms with Crippen LogP contribution in [0.2, 0.25) is 15.3 Å². The smallest absolute Gasteiger partial charge is 0.412 e. The van der Waals surface area contributed by atoms with Crippen molar-refractivity contribution in [1.29, 1.82) is 0 Å². The molecule has 2 aliphatic carbocycles. The van der Waals surface area contributed by atoms with Gasteiger partial charge >= 0.3 is 6.09 Å². The Morgan fingerprint density at radius 1 is 0.684 bits per heavy atom. The number of anilines is 5. The molecule has 2 aromatic heterocycles. The van der Waals surface area contributed by atoms with Crippen molar-refractivity contribution < 1.29 is 9.53 Å². The van der Waals surface area contributed by atoms with Crippen molar-refractivity contribution in [3.05, 3.63) is 171 Å². The largest absolute Gasteiger partial charge is 0.444 e. The summed E-state index contributed by atoms with van der Waals surface area (Å²) >= 11 is 18.3. The Morgan fingerprint density at radius 3 is 1.75 bits per heavy atom. The third kappa shape index (κ3) is 11.3. The van der Waals surface area contributed by atoms with E-state index in [0.29, 0.717) is 38.7 Å². The number of nitrogen functional groups attached to an aromatic ring is 2. The van der Waals surface area contributed by atoms with Gasteiger partial charge in [0.2, 0.25) is 11.2 Å². The minimum absolute atomic E-state index is 0. The van der Waals surface area contributed by atoms with Crippen molar-refractivity contribution in [2.75, 3.05) is 22.1 Å². The van der Waals surface area contributed by atoms with E-state index >= 15 is 0 Å². The third-order valence-electron chi connectivity index (χ3n) is 8.31. The van der Waals surface area contributed by atoms with Crippen molar-refractivity contribution in [2.45, 2.75) is 46.6 Å². The number of rotatable bonds is 5. The Bertz CT molecular complexity index is 2450. The molecule has 0 aliphatic heterocycles. The van der Waals surface area contributed by atoms with E-state index < -0.39 is 11.7 Å². The molecule has 1 amide bonds. The first kappa shape index (κ1) is 42.2. The molecule has 0 atom stereocenters. The Hall–Kier alpha value is -5.94. The second-order valence-electron chi connectivity index (χ2n) is 13.7. The molecule has 0 radical (unpaired) electrons. The summed E-state index contributed by atoms with van der Waals surface area (Å²) in [6.07, 6.45) is 8.76. The topological polar surface area (TPSA) is 154 Å². The molecular formula is C44H43Cl3N8O2. The van der Waals surface area contributed by atoms with Crippen LogP contribution in [0.4, 0.5) is 33.5 Å². The maximum Gasteiger partial charge on any atom is 0.412 e. The fraction of sp³-hybridized carbons (Fsp3) is 0.159. The van der Waals surface area contributed by atoms with Crippen LogP contribution in [0.25, 0.3) is 11.1 Å². The summed E-state index contributed by atoms with van der Waals surface area (Å²) < 4.78 is 5.09. The standard InChI is InChI=1S/C19H15ClN4.C13H8Cl2N2.C11H16N2O2.CH4/c20-17-11-22-19(23-14-6-3-5-13(21)10-14)24-18(17)16-9-8-12-4-1-2-7-15(12)16;14-11-7-16-13(15)17-12(11)10-6-5-8-3-1-2-4-9(8)10;1-11(2,3)15-10(14)13-9-6-4-5-8(12)7-9;/h1-7,9-11H,8,21H2,(H,22,23,24);1-4,6-7H,5H2;4-7H,12H2,1-3H3,(H,13,14);1H4. The fourth-order valence-corrected chi connectivity index (χ4v) is 6.47. The summed E-state index contributed by atoms with van der Waals surface area (Å²) in [5, 5.41) is 7.05. The van der Waals surface area contributed by atoms with Crippen LogP contribution in [0.5, 0.6) is 0 Å². The van der Waals surface area contributed by atoms with E-state index in [1.807, 2.05) is 69.3 Å². The molecule has 0 fully saturated rings. The summed E-state index contributed by atoms with van der Waals surface area (Å²) in [5.41, 5.74) is 22.1. The third-order valence-corrected chi connectivity index (χ3v) is 9.05. The zero-order chi connectivity index (χ0) is 39.8. The lowest BCUT2D eigenvalue weighted by Gasteiger charge is -2.19. The molecule has 0 bridgehead atoms. The predicted octanol–water partition coefficient (Wildman–Crippen LogP) is 11.5. The average Bonchev–Trinajstić information content (AvgIpc) is 3.78. The van der Waals surface area contributed by atoms with Crippen LogP contribution >= 0.6 is 34.8 Å². The maximum atomic E-state index is 11.4. The second kappa shape index (κ2) is 18.8. The Morgan fingerprint density at radius 2 is 1.19 bits per heavy atom. The van der Waals surface area contributed by atoms with Crippen molar-refractivity contribution >= 4 is 80.7 Å². The number of hydrogen-bond donors (Lipinski definition) is 4. The first-order chi connectivity index (χ1) is 26.8. The maximum absolute atomic E-state index is 11.4. The normalized spacial score (nSPS) is 12.2. The van der Waals surface area contributed by atoms with E-state index in [4.69, 9.17) is 51.0 Å². The molecule has 0 saturated carbocycles. The molecule has 57 heavy (non-hydrogen) atoms. The van der Waals surface area contributed by atoms with Gasteiger partial charge in [0.15, 0.2) is 0 Å². The van der Waals surface area contributed by atoms with Gasteiger partial charge in [-0.2, -0.15) is 0 Å². The number of allylic oxidation sites excluding steroid dienone is 2. The van der Waals surface area contributed by atoms with Gasteiger partial charge in [-0.1, -0.05) is 103 Å². The van der Waals surface area contributed by atoms with Crippen LogP contribution in [0, 0.1) is 0 Å². The average molecular weight is 822 g/mol. The number of nitrogens with one attached hydrogen (secondary N) is 2. The minimum atomic E-state index is -0.496. The van der Waals surface area contributed by atoms with E-state index in [9.17, 15) is 4.79 Å². The molecular weight excluding hydrogens is 779 g/mol. The zero-order valence-electron chi connectivity index (χ0n) is 30.9. The Labute approximate surface area is 348 Å². The number of nitrogens with zero attached hydrogens (tertiary/aromatic N) is 4. The highest BCUT2D eigenvalue weighted by Gasteiger charge is 2.21. The van der Waals surface area contributed by atoms with Gasteiger partial charge in [0, 0.05) is 33.9 Å². The van der Waals surface area contributed by atoms with E-state index in [1.165, 1.54) is 28.5 Å². The number of aromatic nitrogens is 4. The number of amides is 1. The summed E-state index contributed by atoms with van der Waals surface area (Å²) in [6, 6.07) is 30.9. The molecule has 0 saturated heterocycles. The number of benzene rings is 4. The summed E-state index contributed by atoms with van der Waals surface area (Å²) in [5.74, 6) is 0.491. The van der Waals surface area contributed by atoms with Crippen molar-refractivity contribution in [1.82, 2.24) is 19.9 Å². The SMILES string of the molecule is C.CC(C)(C)OC(=O)Nc1cccc(N)c1.Clc1ncc(Cl)c(C2=CCc3ccccc32)n1.Nc1cccc(Nc2ncc(Cl)c(C3=CCc4ccccc43)n2)c1. The fourth-order valence-electron chi connectivity index (χ4n) is 5.95. The molecule has 0 unspecified atom stereocenters. The van der Waals surface area contributed by atoms with E-state index in [1.54, 1.807) is 30.5 Å². The summed E-state index contributed by atoms with van der Waals surface area (Å²) in [7, 11) is 0. The number of halogens is 3. The number of hydrogen-bond acceptors (Lipinski definition) is 9. The molecule has 4 aromatic carbocycles. The molecule has 2 heterocycles. The number of carbonyl (C=O) groups is 1. The lowest BCUT2D eigenvalue weighted by atomic mass is 10.0. The van der Waals surface area contributed by atoms with Gasteiger partial charge in [0.05, 0.1) is 33.8 Å². The highest BCUT2D eigenvalue weighted by Crippen LogP contribution is 2.36. The van der Waals surface area contributed by atoms with Crippen LogP contribution in [-0.2, 0) is 17.6 Å². The highest BCUT2D eigenvalue weighted by molar-refractivity contribution is 6.33. The molecule has 8 rings (SSSR count). The van der Waals surface area contributed by atoms with Crippen molar-refractivity contribution in [3.8, 4) is 0 Å².